The molecular weight excluding hydrogens is 276 g/mol. The normalized spacial score (nSPS) is 13.9. The average Bonchev–Trinajstić information content (AvgIpc) is 3.00. The van der Waals surface area contributed by atoms with Crippen molar-refractivity contribution in [1.82, 2.24) is 10.3 Å². The third-order valence-corrected chi connectivity index (χ3v) is 3.81. The summed E-state index contributed by atoms with van der Waals surface area (Å²) in [4.78, 5) is 10.8. The highest BCUT2D eigenvalue weighted by molar-refractivity contribution is 5.97. The van der Waals surface area contributed by atoms with E-state index < -0.39 is 0 Å². The second-order valence-corrected chi connectivity index (χ2v) is 5.14. The van der Waals surface area contributed by atoms with Crippen LogP contribution in [-0.4, -0.2) is 31.6 Å². The molecule has 0 spiro atoms. The molecule has 114 valence electrons. The van der Waals surface area contributed by atoms with Gasteiger partial charge in [0.05, 0.1) is 7.11 Å². The molecule has 5 heteroatoms. The summed E-state index contributed by atoms with van der Waals surface area (Å²) >= 11 is 0. The van der Waals surface area contributed by atoms with Crippen molar-refractivity contribution in [2.45, 2.75) is 13.0 Å². The SMILES string of the molecule is CN=C(NCc1ccnc(OC)c1)N1CCc2ccccc21. The van der Waals surface area contributed by atoms with Crippen molar-refractivity contribution in [3.05, 3.63) is 53.7 Å². The predicted molar refractivity (Wildman–Crippen MR) is 88.5 cm³/mol. The molecule has 0 saturated heterocycles. The molecule has 5 nitrogen and oxygen atoms in total. The number of para-hydroxylation sites is 1. The van der Waals surface area contributed by atoms with E-state index in [-0.39, 0.29) is 0 Å². The molecular formula is C17H20N4O. The van der Waals surface area contributed by atoms with Crippen LogP contribution in [0.15, 0.2) is 47.6 Å². The fourth-order valence-corrected chi connectivity index (χ4v) is 2.71. The van der Waals surface area contributed by atoms with Crippen LogP contribution in [0.5, 0.6) is 5.88 Å². The standard InChI is InChI=1S/C17H20N4O/c1-18-17(20-12-13-7-9-19-16(11-13)22-2)21-10-8-14-5-3-4-6-15(14)21/h3-7,9,11H,8,10,12H2,1-2H3,(H,18,20). The summed E-state index contributed by atoms with van der Waals surface area (Å²) in [6, 6.07) is 12.4. The summed E-state index contributed by atoms with van der Waals surface area (Å²) in [5.41, 5.74) is 3.72. The van der Waals surface area contributed by atoms with Crippen molar-refractivity contribution in [2.75, 3.05) is 25.6 Å². The van der Waals surface area contributed by atoms with E-state index in [2.05, 4.69) is 44.5 Å². The molecule has 0 bridgehead atoms. The Hall–Kier alpha value is -2.56. The lowest BCUT2D eigenvalue weighted by Gasteiger charge is -2.22. The lowest BCUT2D eigenvalue weighted by molar-refractivity contribution is 0.397. The Morgan fingerprint density at radius 1 is 1.36 bits per heavy atom. The molecule has 0 radical (unpaired) electrons. The van der Waals surface area contributed by atoms with Gasteiger partial charge in [-0.1, -0.05) is 18.2 Å². The zero-order valence-corrected chi connectivity index (χ0v) is 12.9. The van der Waals surface area contributed by atoms with Gasteiger partial charge in [-0.3, -0.25) is 4.99 Å². The molecule has 1 aromatic carbocycles. The molecule has 1 N–H and O–H groups in total. The summed E-state index contributed by atoms with van der Waals surface area (Å²) in [5, 5.41) is 3.41. The molecule has 1 aromatic heterocycles. The molecule has 0 unspecified atom stereocenters. The van der Waals surface area contributed by atoms with Crippen molar-refractivity contribution in [3.63, 3.8) is 0 Å². The third-order valence-electron chi connectivity index (χ3n) is 3.81. The van der Waals surface area contributed by atoms with E-state index in [1.54, 1.807) is 13.3 Å². The molecule has 0 saturated carbocycles. The fourth-order valence-electron chi connectivity index (χ4n) is 2.71. The van der Waals surface area contributed by atoms with Gasteiger partial charge in [0.15, 0.2) is 5.96 Å². The number of fused-ring (bicyclic) bond motifs is 1. The van der Waals surface area contributed by atoms with E-state index >= 15 is 0 Å². The van der Waals surface area contributed by atoms with Crippen molar-refractivity contribution >= 4 is 11.6 Å². The number of hydrogen-bond acceptors (Lipinski definition) is 3. The lowest BCUT2D eigenvalue weighted by atomic mass is 10.2. The third kappa shape index (κ3) is 2.88. The molecule has 0 aliphatic carbocycles. The van der Waals surface area contributed by atoms with Gasteiger partial charge in [-0.2, -0.15) is 0 Å². The van der Waals surface area contributed by atoms with E-state index in [0.717, 1.165) is 24.5 Å². The van der Waals surface area contributed by atoms with E-state index in [1.807, 2.05) is 19.2 Å². The number of anilines is 1. The quantitative estimate of drug-likeness (QED) is 0.697. The summed E-state index contributed by atoms with van der Waals surface area (Å²) in [6.45, 7) is 1.64. The number of hydrogen-bond donors (Lipinski definition) is 1. The first-order valence-electron chi connectivity index (χ1n) is 7.37. The largest absolute Gasteiger partial charge is 0.481 e. The molecule has 22 heavy (non-hydrogen) atoms. The molecule has 3 rings (SSSR count). The minimum absolute atomic E-state index is 0.626. The van der Waals surface area contributed by atoms with E-state index in [4.69, 9.17) is 4.74 Å². The molecule has 0 amide bonds. The Labute approximate surface area is 130 Å². The van der Waals surface area contributed by atoms with Crippen LogP contribution in [-0.2, 0) is 13.0 Å². The van der Waals surface area contributed by atoms with Crippen LogP contribution < -0.4 is 15.0 Å². The smallest absolute Gasteiger partial charge is 0.213 e. The van der Waals surface area contributed by atoms with Crippen LogP contribution in [0.25, 0.3) is 0 Å². The lowest BCUT2D eigenvalue weighted by Crippen LogP contribution is -2.40. The van der Waals surface area contributed by atoms with Crippen molar-refractivity contribution in [3.8, 4) is 5.88 Å². The number of aliphatic imine (C=N–C) groups is 1. The van der Waals surface area contributed by atoms with E-state index in [9.17, 15) is 0 Å². The maximum Gasteiger partial charge on any atom is 0.213 e. The fraction of sp³-hybridized carbons (Fsp3) is 0.294. The summed E-state index contributed by atoms with van der Waals surface area (Å²) < 4.78 is 5.15. The van der Waals surface area contributed by atoms with Crippen molar-refractivity contribution in [2.24, 2.45) is 4.99 Å². The van der Waals surface area contributed by atoms with Gasteiger partial charge in [-0.15, -0.1) is 0 Å². The molecule has 1 aliphatic rings. The van der Waals surface area contributed by atoms with Gasteiger partial charge in [0.2, 0.25) is 5.88 Å². The van der Waals surface area contributed by atoms with Gasteiger partial charge in [0.1, 0.15) is 0 Å². The highest BCUT2D eigenvalue weighted by Crippen LogP contribution is 2.27. The Kier molecular flexibility index (Phi) is 4.23. The van der Waals surface area contributed by atoms with Crippen LogP contribution in [0.2, 0.25) is 0 Å². The van der Waals surface area contributed by atoms with Crippen LogP contribution in [0, 0.1) is 0 Å². The van der Waals surface area contributed by atoms with Crippen LogP contribution >= 0.6 is 0 Å². The van der Waals surface area contributed by atoms with Crippen molar-refractivity contribution in [1.29, 1.82) is 0 Å². The average molecular weight is 296 g/mol. The topological polar surface area (TPSA) is 49.8 Å². The first kappa shape index (κ1) is 14.4. The maximum absolute atomic E-state index is 5.15. The number of aromatic nitrogens is 1. The van der Waals surface area contributed by atoms with Crippen molar-refractivity contribution < 1.29 is 4.74 Å². The van der Waals surface area contributed by atoms with Gasteiger partial charge in [-0.05, 0) is 29.7 Å². The zero-order chi connectivity index (χ0) is 15.4. The number of rotatable bonds is 3. The second-order valence-electron chi connectivity index (χ2n) is 5.14. The van der Waals surface area contributed by atoms with Crippen LogP contribution in [0.1, 0.15) is 11.1 Å². The van der Waals surface area contributed by atoms with Gasteiger partial charge in [0.25, 0.3) is 0 Å². The maximum atomic E-state index is 5.15. The number of methoxy groups -OCH3 is 1. The Morgan fingerprint density at radius 3 is 3.05 bits per heavy atom. The predicted octanol–water partition coefficient (Wildman–Crippen LogP) is 2.23. The Morgan fingerprint density at radius 2 is 2.23 bits per heavy atom. The first-order valence-corrected chi connectivity index (χ1v) is 7.37. The number of nitrogens with zero attached hydrogens (tertiary/aromatic N) is 3. The minimum atomic E-state index is 0.626. The van der Waals surface area contributed by atoms with Gasteiger partial charge in [-0.25, -0.2) is 4.98 Å². The van der Waals surface area contributed by atoms with Gasteiger partial charge >= 0.3 is 0 Å². The monoisotopic (exact) mass is 296 g/mol. The Bertz CT molecular complexity index is 684. The van der Waals surface area contributed by atoms with E-state index in [1.165, 1.54) is 11.3 Å². The number of nitrogens with one attached hydrogen (secondary N) is 1. The molecule has 0 fully saturated rings. The number of guanidine groups is 1. The highest BCUT2D eigenvalue weighted by Gasteiger charge is 2.22. The van der Waals surface area contributed by atoms with Gasteiger partial charge < -0.3 is 15.0 Å². The molecule has 2 aromatic rings. The van der Waals surface area contributed by atoms with Gasteiger partial charge in [0, 0.05) is 38.1 Å². The summed E-state index contributed by atoms with van der Waals surface area (Å²) in [6.07, 6.45) is 2.81. The van der Waals surface area contributed by atoms with Crippen LogP contribution in [0.3, 0.4) is 0 Å². The van der Waals surface area contributed by atoms with E-state index in [0.29, 0.717) is 12.4 Å². The van der Waals surface area contributed by atoms with Crippen LogP contribution in [0.4, 0.5) is 5.69 Å². The zero-order valence-electron chi connectivity index (χ0n) is 12.9. The number of benzene rings is 1. The first-order chi connectivity index (χ1) is 10.8. The highest BCUT2D eigenvalue weighted by atomic mass is 16.5. The molecule has 2 heterocycles. The minimum Gasteiger partial charge on any atom is -0.481 e. The molecule has 1 aliphatic heterocycles. The Balaban J connectivity index is 1.71. The summed E-state index contributed by atoms with van der Waals surface area (Å²) in [7, 11) is 3.44. The number of ether oxygens (including phenoxy) is 1. The molecule has 0 atom stereocenters. The number of pyridine rings is 1. The second kappa shape index (κ2) is 6.47. The summed E-state index contributed by atoms with van der Waals surface area (Å²) in [5.74, 6) is 1.52.